The highest BCUT2D eigenvalue weighted by molar-refractivity contribution is 5.83. The van der Waals surface area contributed by atoms with Crippen LogP contribution in [0.25, 0.3) is 0 Å². The average Bonchev–Trinajstić information content (AvgIpc) is 2.93. The first-order valence-corrected chi connectivity index (χ1v) is 15.4. The number of carbonyl (C=O) groups is 1. The highest BCUT2D eigenvalue weighted by atomic mass is 16.5. The largest absolute Gasteiger partial charge is 0.381 e. The third-order valence-corrected chi connectivity index (χ3v) is 11.4. The van der Waals surface area contributed by atoms with E-state index in [0.29, 0.717) is 35.6 Å². The third-order valence-electron chi connectivity index (χ3n) is 11.4. The van der Waals surface area contributed by atoms with Gasteiger partial charge in [-0.2, -0.15) is 0 Å². The monoisotopic (exact) mass is 508 g/mol. The summed E-state index contributed by atoms with van der Waals surface area (Å²) < 4.78 is 12.2. The van der Waals surface area contributed by atoms with Gasteiger partial charge in [0.25, 0.3) is 0 Å². The summed E-state index contributed by atoms with van der Waals surface area (Å²) in [7, 11) is 1.79. The fraction of sp³-hybridized carbons (Fsp3) is 0.853. The molecule has 4 aliphatic rings. The first-order chi connectivity index (χ1) is 17.8. The Bertz CT molecular complexity index is 830. The summed E-state index contributed by atoms with van der Waals surface area (Å²) in [6, 6.07) is 0. The van der Waals surface area contributed by atoms with E-state index in [1.165, 1.54) is 19.3 Å². The maximum Gasteiger partial charge on any atom is 0.139 e. The molecule has 0 aromatic heterocycles. The van der Waals surface area contributed by atoms with Crippen LogP contribution < -0.4 is 0 Å². The number of terminal acetylenes is 2. The van der Waals surface area contributed by atoms with Gasteiger partial charge in [-0.05, 0) is 113 Å². The fourth-order valence-corrected chi connectivity index (χ4v) is 8.37. The van der Waals surface area contributed by atoms with Crippen LogP contribution in [-0.2, 0) is 14.3 Å². The Balaban J connectivity index is 1.25. The number of carbonyl (C=O) groups excluding carboxylic acids is 1. The van der Waals surface area contributed by atoms with E-state index < -0.39 is 0 Å². The molecule has 37 heavy (non-hydrogen) atoms. The van der Waals surface area contributed by atoms with Crippen molar-refractivity contribution in [3.63, 3.8) is 0 Å². The van der Waals surface area contributed by atoms with Crippen molar-refractivity contribution in [2.45, 2.75) is 129 Å². The predicted molar refractivity (Wildman–Crippen MR) is 151 cm³/mol. The number of rotatable bonds is 7. The number of methoxy groups -OCH3 is 1. The van der Waals surface area contributed by atoms with E-state index in [2.05, 4.69) is 32.6 Å². The van der Waals surface area contributed by atoms with Crippen molar-refractivity contribution in [1.29, 1.82) is 0 Å². The van der Waals surface area contributed by atoms with Crippen LogP contribution in [0.15, 0.2) is 0 Å². The predicted octanol–water partition coefficient (Wildman–Crippen LogP) is 7.47. The Kier molecular flexibility index (Phi) is 9.86. The lowest BCUT2D eigenvalue weighted by Crippen LogP contribution is -2.43. The number of ether oxygens (including phenoxy) is 2. The standard InChI is InChI=1S/C34H52O3/c1-7-24-21-28(14-9-23(24)3)34(4,5)29-15-20-32(25(8-2)22-29)37-31-18-12-27(13-19-31)33(35)26-10-16-30(36-6)17-11-26/h1-2,23-32H,9-22H2,3-6H3. The summed E-state index contributed by atoms with van der Waals surface area (Å²) in [5.74, 6) is 9.79. The van der Waals surface area contributed by atoms with E-state index in [1.807, 2.05) is 0 Å². The van der Waals surface area contributed by atoms with Crippen molar-refractivity contribution in [3.8, 4) is 24.7 Å². The normalized spacial score (nSPS) is 41.4. The molecule has 0 saturated heterocycles. The molecule has 4 aliphatic carbocycles. The molecule has 0 N–H and O–H groups in total. The topological polar surface area (TPSA) is 35.5 Å². The molecule has 4 rings (SSSR count). The number of ketones is 1. The van der Waals surface area contributed by atoms with Crippen molar-refractivity contribution in [1.82, 2.24) is 0 Å². The molecule has 0 radical (unpaired) electrons. The molecule has 6 unspecified atom stereocenters. The molecule has 6 atom stereocenters. The molecule has 0 heterocycles. The first-order valence-electron chi connectivity index (χ1n) is 15.4. The summed E-state index contributed by atoms with van der Waals surface area (Å²) in [5, 5.41) is 0. The SMILES string of the molecule is C#CC1CC(C(C)(C)C2CCC(OC3CCC(C(=O)C4CCC(OC)CC4)CC3)C(C#C)C2)CCC1C. The van der Waals surface area contributed by atoms with Crippen molar-refractivity contribution in [3.05, 3.63) is 0 Å². The van der Waals surface area contributed by atoms with Gasteiger partial charge in [0.05, 0.1) is 18.3 Å². The van der Waals surface area contributed by atoms with Crippen LogP contribution in [0.1, 0.15) is 111 Å². The molecule has 0 aromatic carbocycles. The molecule has 3 nitrogen and oxygen atoms in total. The molecule has 206 valence electrons. The molecular weight excluding hydrogens is 456 g/mol. The van der Waals surface area contributed by atoms with Crippen LogP contribution in [0.2, 0.25) is 0 Å². The summed E-state index contributed by atoms with van der Waals surface area (Å²) in [4.78, 5) is 13.1. The van der Waals surface area contributed by atoms with Gasteiger partial charge in [-0.15, -0.1) is 24.7 Å². The van der Waals surface area contributed by atoms with Crippen LogP contribution in [0.4, 0.5) is 0 Å². The van der Waals surface area contributed by atoms with Gasteiger partial charge < -0.3 is 9.47 Å². The highest BCUT2D eigenvalue weighted by Crippen LogP contribution is 2.51. The summed E-state index contributed by atoms with van der Waals surface area (Å²) in [6.45, 7) is 7.27. The molecule has 0 aliphatic heterocycles. The second-order valence-corrected chi connectivity index (χ2v) is 13.6. The van der Waals surface area contributed by atoms with Gasteiger partial charge in [0.15, 0.2) is 0 Å². The van der Waals surface area contributed by atoms with Crippen LogP contribution in [0.5, 0.6) is 0 Å². The number of Topliss-reactive ketones (excluding diaryl/α,β-unsaturated/α-hetero) is 1. The minimum atomic E-state index is 0.170. The van der Waals surface area contributed by atoms with Gasteiger partial charge in [-0.25, -0.2) is 0 Å². The maximum absolute atomic E-state index is 13.1. The second kappa shape index (κ2) is 12.7. The average molecular weight is 509 g/mol. The lowest BCUT2D eigenvalue weighted by molar-refractivity contribution is -0.132. The van der Waals surface area contributed by atoms with E-state index in [9.17, 15) is 4.79 Å². The fourth-order valence-electron chi connectivity index (χ4n) is 8.37. The molecule has 0 aromatic rings. The van der Waals surface area contributed by atoms with Gasteiger partial charge in [-0.3, -0.25) is 4.79 Å². The molecule has 3 heteroatoms. The minimum Gasteiger partial charge on any atom is -0.381 e. The zero-order valence-electron chi connectivity index (χ0n) is 24.1. The van der Waals surface area contributed by atoms with E-state index >= 15 is 0 Å². The van der Waals surface area contributed by atoms with E-state index in [4.69, 9.17) is 22.3 Å². The van der Waals surface area contributed by atoms with Gasteiger partial charge >= 0.3 is 0 Å². The summed E-state index contributed by atoms with van der Waals surface area (Å²) in [5.41, 5.74) is 0.260. The van der Waals surface area contributed by atoms with Crippen molar-refractivity contribution >= 4 is 5.78 Å². The Morgan fingerprint density at radius 2 is 1.24 bits per heavy atom. The van der Waals surface area contributed by atoms with Gasteiger partial charge in [0.2, 0.25) is 0 Å². The minimum absolute atomic E-state index is 0.170. The molecule has 0 bridgehead atoms. The molecular formula is C34H52O3. The van der Waals surface area contributed by atoms with Crippen LogP contribution in [0.3, 0.4) is 0 Å². The lowest BCUT2D eigenvalue weighted by atomic mass is 9.57. The highest BCUT2D eigenvalue weighted by Gasteiger charge is 2.45. The maximum atomic E-state index is 13.1. The first kappa shape index (κ1) is 28.7. The van der Waals surface area contributed by atoms with Crippen molar-refractivity contribution in [2.24, 2.45) is 46.8 Å². The van der Waals surface area contributed by atoms with Crippen LogP contribution in [-0.4, -0.2) is 31.2 Å². The van der Waals surface area contributed by atoms with Gasteiger partial charge in [0.1, 0.15) is 5.78 Å². The van der Waals surface area contributed by atoms with Gasteiger partial charge in [0, 0.05) is 30.8 Å². The Labute approximate surface area is 227 Å². The molecule has 0 spiro atoms. The zero-order valence-corrected chi connectivity index (χ0v) is 24.1. The van der Waals surface area contributed by atoms with E-state index in [-0.39, 0.29) is 35.4 Å². The molecule has 0 amide bonds. The van der Waals surface area contributed by atoms with Gasteiger partial charge in [-0.1, -0.05) is 20.8 Å². The van der Waals surface area contributed by atoms with Crippen molar-refractivity contribution < 1.29 is 14.3 Å². The Morgan fingerprint density at radius 1 is 0.730 bits per heavy atom. The second-order valence-electron chi connectivity index (χ2n) is 13.6. The van der Waals surface area contributed by atoms with Crippen molar-refractivity contribution in [2.75, 3.05) is 7.11 Å². The van der Waals surface area contributed by atoms with Crippen LogP contribution in [0, 0.1) is 71.5 Å². The van der Waals surface area contributed by atoms with Crippen LogP contribution >= 0.6 is 0 Å². The summed E-state index contributed by atoms with van der Waals surface area (Å²) in [6.07, 6.45) is 27.8. The smallest absolute Gasteiger partial charge is 0.139 e. The zero-order chi connectivity index (χ0) is 26.6. The van der Waals surface area contributed by atoms with E-state index in [0.717, 1.165) is 70.6 Å². The Hall–Kier alpha value is -1.29. The number of hydrogen-bond donors (Lipinski definition) is 0. The quantitative estimate of drug-likeness (QED) is 0.335. The summed E-state index contributed by atoms with van der Waals surface area (Å²) >= 11 is 0. The molecule has 4 saturated carbocycles. The Morgan fingerprint density at radius 3 is 1.78 bits per heavy atom. The van der Waals surface area contributed by atoms with E-state index in [1.54, 1.807) is 7.11 Å². The number of hydrogen-bond acceptors (Lipinski definition) is 3. The molecule has 4 fully saturated rings. The third kappa shape index (κ3) is 6.65. The lowest BCUT2D eigenvalue weighted by Gasteiger charge is -2.49.